The summed E-state index contributed by atoms with van der Waals surface area (Å²) in [5, 5.41) is 14.3. The van der Waals surface area contributed by atoms with Gasteiger partial charge in [0.25, 0.3) is 0 Å². The molecule has 0 saturated carbocycles. The van der Waals surface area contributed by atoms with Crippen LogP contribution in [0, 0.1) is 0 Å². The maximum Gasteiger partial charge on any atom is 0.104 e. The topological polar surface area (TPSA) is 32.3 Å². The van der Waals surface area contributed by atoms with Gasteiger partial charge in [0, 0.05) is 17.3 Å². The van der Waals surface area contributed by atoms with Crippen LogP contribution in [-0.2, 0) is 5.60 Å². The van der Waals surface area contributed by atoms with Crippen molar-refractivity contribution < 1.29 is 5.11 Å². The second kappa shape index (κ2) is 5.42. The van der Waals surface area contributed by atoms with Crippen LogP contribution in [0.4, 0.5) is 5.69 Å². The van der Waals surface area contributed by atoms with Gasteiger partial charge in [0.15, 0.2) is 0 Å². The summed E-state index contributed by atoms with van der Waals surface area (Å²) in [7, 11) is 0. The molecule has 0 heterocycles. The molecule has 0 bridgehead atoms. The molecule has 2 rings (SSSR count). The van der Waals surface area contributed by atoms with Crippen LogP contribution in [0.3, 0.4) is 0 Å². The molecular weight excluding hydrogens is 246 g/mol. The van der Waals surface area contributed by atoms with Crippen molar-refractivity contribution in [3.05, 3.63) is 65.2 Å². The van der Waals surface area contributed by atoms with Gasteiger partial charge in [0.05, 0.1) is 0 Å². The van der Waals surface area contributed by atoms with E-state index in [0.717, 1.165) is 11.3 Å². The molecule has 0 aliphatic heterocycles. The number of nitrogens with one attached hydrogen (secondary N) is 1. The first-order valence-corrected chi connectivity index (χ1v) is 6.23. The van der Waals surface area contributed by atoms with Gasteiger partial charge in [-0.3, -0.25) is 0 Å². The summed E-state index contributed by atoms with van der Waals surface area (Å²) in [6.45, 7) is 2.24. The molecule has 0 saturated heterocycles. The molecule has 2 nitrogen and oxygen atoms in total. The standard InChI is InChI=1S/C15H16ClNO/c1-15(18,12-5-3-2-4-6-12)11-17-14-9-7-13(16)8-10-14/h2-10,17-18H,11H2,1H3. The average molecular weight is 262 g/mol. The largest absolute Gasteiger partial charge is 0.384 e. The van der Waals surface area contributed by atoms with Crippen molar-refractivity contribution in [2.45, 2.75) is 12.5 Å². The number of hydrogen-bond donors (Lipinski definition) is 2. The summed E-state index contributed by atoms with van der Waals surface area (Å²) >= 11 is 5.82. The SMILES string of the molecule is CC(O)(CNc1ccc(Cl)cc1)c1ccccc1. The third-order valence-electron chi connectivity index (χ3n) is 2.88. The average Bonchev–Trinajstić information content (AvgIpc) is 2.39. The van der Waals surface area contributed by atoms with E-state index in [4.69, 9.17) is 11.6 Å². The molecule has 0 aromatic heterocycles. The molecule has 2 aromatic carbocycles. The molecule has 0 radical (unpaired) electrons. The van der Waals surface area contributed by atoms with Crippen molar-refractivity contribution in [3.8, 4) is 0 Å². The molecule has 1 atom stereocenters. The lowest BCUT2D eigenvalue weighted by Gasteiger charge is -2.24. The Labute approximate surface area is 112 Å². The Kier molecular flexibility index (Phi) is 3.90. The molecule has 3 heteroatoms. The van der Waals surface area contributed by atoms with Gasteiger partial charge in [0.1, 0.15) is 5.60 Å². The van der Waals surface area contributed by atoms with Gasteiger partial charge < -0.3 is 10.4 Å². The van der Waals surface area contributed by atoms with E-state index in [1.807, 2.05) is 54.6 Å². The quantitative estimate of drug-likeness (QED) is 0.880. The van der Waals surface area contributed by atoms with Gasteiger partial charge in [0.2, 0.25) is 0 Å². The molecule has 2 N–H and O–H groups in total. The normalized spacial score (nSPS) is 13.9. The molecule has 0 aliphatic rings. The summed E-state index contributed by atoms with van der Waals surface area (Å²) in [4.78, 5) is 0. The Bertz CT molecular complexity index is 494. The zero-order valence-electron chi connectivity index (χ0n) is 10.2. The second-order valence-corrected chi connectivity index (χ2v) is 4.94. The van der Waals surface area contributed by atoms with Crippen LogP contribution in [0.5, 0.6) is 0 Å². The van der Waals surface area contributed by atoms with Gasteiger partial charge in [-0.15, -0.1) is 0 Å². The van der Waals surface area contributed by atoms with E-state index < -0.39 is 5.60 Å². The van der Waals surface area contributed by atoms with Crippen molar-refractivity contribution in [1.29, 1.82) is 0 Å². The first kappa shape index (κ1) is 12.9. The van der Waals surface area contributed by atoms with Gasteiger partial charge in [-0.25, -0.2) is 0 Å². The van der Waals surface area contributed by atoms with E-state index in [0.29, 0.717) is 11.6 Å². The van der Waals surface area contributed by atoms with Crippen LogP contribution in [0.2, 0.25) is 5.02 Å². The highest BCUT2D eigenvalue weighted by Gasteiger charge is 2.22. The van der Waals surface area contributed by atoms with E-state index in [1.54, 1.807) is 6.92 Å². The highest BCUT2D eigenvalue weighted by atomic mass is 35.5. The summed E-state index contributed by atoms with van der Waals surface area (Å²) < 4.78 is 0. The van der Waals surface area contributed by atoms with Crippen LogP contribution < -0.4 is 5.32 Å². The summed E-state index contributed by atoms with van der Waals surface area (Å²) in [5.41, 5.74) is 0.933. The van der Waals surface area contributed by atoms with Crippen LogP contribution in [0.15, 0.2) is 54.6 Å². The Balaban J connectivity index is 2.03. The van der Waals surface area contributed by atoms with Crippen molar-refractivity contribution in [1.82, 2.24) is 0 Å². The zero-order chi connectivity index (χ0) is 13.0. The lowest BCUT2D eigenvalue weighted by molar-refractivity contribution is 0.0715. The smallest absolute Gasteiger partial charge is 0.104 e. The first-order valence-electron chi connectivity index (χ1n) is 5.85. The maximum atomic E-state index is 10.4. The highest BCUT2D eigenvalue weighted by Crippen LogP contribution is 2.21. The first-order chi connectivity index (χ1) is 8.58. The molecule has 1 unspecified atom stereocenters. The number of halogens is 1. The third kappa shape index (κ3) is 3.25. The minimum absolute atomic E-state index is 0.443. The molecule has 0 spiro atoms. The van der Waals surface area contributed by atoms with Gasteiger partial charge in [-0.1, -0.05) is 41.9 Å². The molecule has 0 amide bonds. The van der Waals surface area contributed by atoms with Crippen molar-refractivity contribution in [3.63, 3.8) is 0 Å². The van der Waals surface area contributed by atoms with Crippen LogP contribution in [0.25, 0.3) is 0 Å². The number of anilines is 1. The number of aliphatic hydroxyl groups is 1. The fraction of sp³-hybridized carbons (Fsp3) is 0.200. The Hall–Kier alpha value is -1.51. The summed E-state index contributed by atoms with van der Waals surface area (Å²) in [5.74, 6) is 0. The molecule has 0 aliphatic carbocycles. The monoisotopic (exact) mass is 261 g/mol. The van der Waals surface area contributed by atoms with Crippen molar-refractivity contribution >= 4 is 17.3 Å². The van der Waals surface area contributed by atoms with Crippen LogP contribution in [0.1, 0.15) is 12.5 Å². The van der Waals surface area contributed by atoms with Crippen molar-refractivity contribution in [2.24, 2.45) is 0 Å². The van der Waals surface area contributed by atoms with E-state index in [-0.39, 0.29) is 0 Å². The minimum atomic E-state index is -0.902. The lowest BCUT2D eigenvalue weighted by Crippen LogP contribution is -2.30. The van der Waals surface area contributed by atoms with E-state index in [2.05, 4.69) is 5.32 Å². The number of benzene rings is 2. The lowest BCUT2D eigenvalue weighted by atomic mass is 9.96. The Morgan fingerprint density at radius 1 is 1.06 bits per heavy atom. The number of hydrogen-bond acceptors (Lipinski definition) is 2. The summed E-state index contributed by atoms with van der Waals surface area (Å²) in [6.07, 6.45) is 0. The van der Waals surface area contributed by atoms with E-state index in [9.17, 15) is 5.11 Å². The molecule has 18 heavy (non-hydrogen) atoms. The molecule has 0 fully saturated rings. The van der Waals surface area contributed by atoms with Crippen LogP contribution >= 0.6 is 11.6 Å². The van der Waals surface area contributed by atoms with Gasteiger partial charge in [-0.2, -0.15) is 0 Å². The molecule has 94 valence electrons. The predicted octanol–water partition coefficient (Wildman–Crippen LogP) is 3.66. The third-order valence-corrected chi connectivity index (χ3v) is 3.13. The van der Waals surface area contributed by atoms with Crippen molar-refractivity contribution in [2.75, 3.05) is 11.9 Å². The van der Waals surface area contributed by atoms with Gasteiger partial charge >= 0.3 is 0 Å². The highest BCUT2D eigenvalue weighted by molar-refractivity contribution is 6.30. The van der Waals surface area contributed by atoms with Gasteiger partial charge in [-0.05, 0) is 36.8 Å². The fourth-order valence-electron chi connectivity index (χ4n) is 1.74. The Morgan fingerprint density at radius 2 is 1.67 bits per heavy atom. The molecular formula is C15H16ClNO. The minimum Gasteiger partial charge on any atom is -0.384 e. The zero-order valence-corrected chi connectivity index (χ0v) is 11.0. The summed E-state index contributed by atoms with van der Waals surface area (Å²) in [6, 6.07) is 17.0. The van der Waals surface area contributed by atoms with E-state index in [1.165, 1.54) is 0 Å². The van der Waals surface area contributed by atoms with Crippen LogP contribution in [-0.4, -0.2) is 11.7 Å². The Morgan fingerprint density at radius 3 is 2.28 bits per heavy atom. The predicted molar refractivity (Wildman–Crippen MR) is 76.0 cm³/mol. The second-order valence-electron chi connectivity index (χ2n) is 4.50. The fourth-order valence-corrected chi connectivity index (χ4v) is 1.87. The number of rotatable bonds is 4. The maximum absolute atomic E-state index is 10.4. The van der Waals surface area contributed by atoms with E-state index >= 15 is 0 Å². The molecule has 2 aromatic rings.